The summed E-state index contributed by atoms with van der Waals surface area (Å²) in [6, 6.07) is 12.5. The molecule has 0 saturated carbocycles. The minimum atomic E-state index is -1.68. The fourth-order valence-corrected chi connectivity index (χ4v) is 3.01. The highest BCUT2D eigenvalue weighted by atomic mass is 16.5. The first-order valence-electron chi connectivity index (χ1n) is 8.71. The summed E-state index contributed by atoms with van der Waals surface area (Å²) in [5, 5.41) is 5.25. The van der Waals surface area contributed by atoms with Crippen LogP contribution < -0.4 is 25.0 Å². The van der Waals surface area contributed by atoms with Gasteiger partial charge in [-0.1, -0.05) is 6.92 Å². The van der Waals surface area contributed by atoms with E-state index in [0.717, 1.165) is 4.90 Å². The monoisotopic (exact) mass is 383 g/mol. The number of hydrogen-bond acceptors (Lipinski definition) is 5. The molecule has 2 N–H and O–H groups in total. The van der Waals surface area contributed by atoms with E-state index in [-0.39, 0.29) is 6.42 Å². The van der Waals surface area contributed by atoms with E-state index in [1.807, 2.05) is 0 Å². The Balaban J connectivity index is 1.86. The van der Waals surface area contributed by atoms with Crippen LogP contribution in [-0.4, -0.2) is 37.6 Å². The molecule has 0 radical (unpaired) electrons. The van der Waals surface area contributed by atoms with Crippen molar-refractivity contribution in [3.63, 3.8) is 0 Å². The van der Waals surface area contributed by atoms with Gasteiger partial charge in [0.25, 0.3) is 11.8 Å². The highest BCUT2D eigenvalue weighted by Crippen LogP contribution is 2.29. The third-order valence-corrected chi connectivity index (χ3v) is 4.69. The molecule has 8 heteroatoms. The molecule has 2 aromatic carbocycles. The van der Waals surface area contributed by atoms with Crippen LogP contribution in [0.5, 0.6) is 11.5 Å². The molecule has 0 bridgehead atoms. The molecule has 28 heavy (non-hydrogen) atoms. The van der Waals surface area contributed by atoms with Crippen molar-refractivity contribution in [2.45, 2.75) is 18.9 Å². The van der Waals surface area contributed by atoms with Crippen LogP contribution in [0.2, 0.25) is 0 Å². The molecule has 1 saturated heterocycles. The third kappa shape index (κ3) is 3.24. The van der Waals surface area contributed by atoms with Crippen LogP contribution in [0.15, 0.2) is 48.5 Å². The van der Waals surface area contributed by atoms with E-state index >= 15 is 0 Å². The first-order chi connectivity index (χ1) is 13.4. The van der Waals surface area contributed by atoms with Gasteiger partial charge in [0.2, 0.25) is 5.54 Å². The van der Waals surface area contributed by atoms with E-state index < -0.39 is 23.4 Å². The number of hydrogen-bond donors (Lipinski definition) is 2. The fourth-order valence-electron chi connectivity index (χ4n) is 3.01. The zero-order chi connectivity index (χ0) is 20.3. The first kappa shape index (κ1) is 19.2. The van der Waals surface area contributed by atoms with E-state index in [1.165, 1.54) is 7.11 Å². The highest BCUT2D eigenvalue weighted by molar-refractivity contribution is 6.32. The van der Waals surface area contributed by atoms with Crippen LogP contribution in [0.25, 0.3) is 0 Å². The second-order valence-corrected chi connectivity index (χ2v) is 6.21. The van der Waals surface area contributed by atoms with Crippen molar-refractivity contribution in [3.05, 3.63) is 48.5 Å². The van der Waals surface area contributed by atoms with Gasteiger partial charge in [-0.25, -0.2) is 9.69 Å². The maximum Gasteiger partial charge on any atom is 0.330 e. The molecular weight excluding hydrogens is 362 g/mol. The summed E-state index contributed by atoms with van der Waals surface area (Å²) in [6.45, 7) is 1.67. The van der Waals surface area contributed by atoms with Crippen LogP contribution in [0.1, 0.15) is 13.3 Å². The Hall–Kier alpha value is -3.55. The lowest BCUT2D eigenvalue weighted by atomic mass is 9.94. The summed E-state index contributed by atoms with van der Waals surface area (Å²) in [4.78, 5) is 39.5. The summed E-state index contributed by atoms with van der Waals surface area (Å²) in [5.74, 6) is -0.000329. The number of methoxy groups -OCH3 is 2. The Morgan fingerprint density at radius 1 is 1.00 bits per heavy atom. The van der Waals surface area contributed by atoms with Crippen molar-refractivity contribution in [1.82, 2.24) is 5.32 Å². The van der Waals surface area contributed by atoms with E-state index in [2.05, 4.69) is 10.6 Å². The predicted octanol–water partition coefficient (Wildman–Crippen LogP) is 2.55. The smallest absolute Gasteiger partial charge is 0.330 e. The molecule has 1 fully saturated rings. The average molecular weight is 383 g/mol. The van der Waals surface area contributed by atoms with Crippen molar-refractivity contribution < 1.29 is 23.9 Å². The topological polar surface area (TPSA) is 97.0 Å². The first-order valence-corrected chi connectivity index (χ1v) is 8.71. The fraction of sp³-hybridized carbons (Fsp3) is 0.250. The molecule has 0 aliphatic carbocycles. The second kappa shape index (κ2) is 7.59. The maximum atomic E-state index is 13.1. The molecule has 1 heterocycles. The Bertz CT molecular complexity index is 895. The zero-order valence-corrected chi connectivity index (χ0v) is 15.8. The Labute approximate surface area is 162 Å². The second-order valence-electron chi connectivity index (χ2n) is 6.21. The SMILES string of the molecule is CCC1(C(=O)Nc2ccc(OC)cc2)NC(=O)N(c2ccc(OC)cc2)C1=O. The van der Waals surface area contributed by atoms with Crippen LogP contribution in [0.4, 0.5) is 16.2 Å². The molecule has 4 amide bonds. The highest BCUT2D eigenvalue weighted by Gasteiger charge is 2.56. The molecule has 1 aliphatic heterocycles. The third-order valence-electron chi connectivity index (χ3n) is 4.69. The molecule has 2 aromatic rings. The van der Waals surface area contributed by atoms with Gasteiger partial charge in [-0.15, -0.1) is 0 Å². The van der Waals surface area contributed by atoms with Crippen molar-refractivity contribution in [2.75, 3.05) is 24.4 Å². The lowest BCUT2D eigenvalue weighted by Gasteiger charge is -2.24. The quantitative estimate of drug-likeness (QED) is 0.590. The Morgan fingerprint density at radius 3 is 2.04 bits per heavy atom. The van der Waals surface area contributed by atoms with Gasteiger partial charge < -0.3 is 20.1 Å². The predicted molar refractivity (Wildman–Crippen MR) is 104 cm³/mol. The summed E-state index contributed by atoms with van der Waals surface area (Å²) >= 11 is 0. The van der Waals surface area contributed by atoms with Gasteiger partial charge in [0, 0.05) is 5.69 Å². The number of urea groups is 1. The summed E-state index contributed by atoms with van der Waals surface area (Å²) in [5.41, 5.74) is -0.837. The number of benzene rings is 2. The Morgan fingerprint density at radius 2 is 1.54 bits per heavy atom. The number of anilines is 2. The molecule has 0 aromatic heterocycles. The molecule has 1 aliphatic rings. The van der Waals surface area contributed by atoms with E-state index in [0.29, 0.717) is 22.9 Å². The minimum absolute atomic E-state index is 0.103. The van der Waals surface area contributed by atoms with Crippen LogP contribution in [-0.2, 0) is 9.59 Å². The van der Waals surface area contributed by atoms with Gasteiger partial charge in [-0.2, -0.15) is 0 Å². The van der Waals surface area contributed by atoms with Gasteiger partial charge in [0.15, 0.2) is 0 Å². The van der Waals surface area contributed by atoms with Gasteiger partial charge >= 0.3 is 6.03 Å². The van der Waals surface area contributed by atoms with Gasteiger partial charge in [0.05, 0.1) is 19.9 Å². The average Bonchev–Trinajstić information content (AvgIpc) is 2.99. The van der Waals surface area contributed by atoms with Crippen LogP contribution in [0.3, 0.4) is 0 Å². The van der Waals surface area contributed by atoms with E-state index in [9.17, 15) is 14.4 Å². The lowest BCUT2D eigenvalue weighted by Crippen LogP contribution is -2.56. The molecule has 0 spiro atoms. The molecule has 1 unspecified atom stereocenters. The largest absolute Gasteiger partial charge is 0.497 e. The molecule has 146 valence electrons. The minimum Gasteiger partial charge on any atom is -0.497 e. The van der Waals surface area contributed by atoms with Gasteiger partial charge in [0.1, 0.15) is 11.5 Å². The molecule has 3 rings (SSSR count). The number of imide groups is 1. The summed E-state index contributed by atoms with van der Waals surface area (Å²) in [6.07, 6.45) is 0.103. The van der Waals surface area contributed by atoms with E-state index in [4.69, 9.17) is 9.47 Å². The van der Waals surface area contributed by atoms with Crippen LogP contribution >= 0.6 is 0 Å². The molecular formula is C20H21N3O5. The number of carbonyl (C=O) groups is 3. The van der Waals surface area contributed by atoms with Crippen molar-refractivity contribution in [1.29, 1.82) is 0 Å². The van der Waals surface area contributed by atoms with Crippen molar-refractivity contribution in [2.24, 2.45) is 0 Å². The molecule has 8 nitrogen and oxygen atoms in total. The van der Waals surface area contributed by atoms with Gasteiger partial charge in [-0.3, -0.25) is 9.59 Å². The summed E-state index contributed by atoms with van der Waals surface area (Å²) in [7, 11) is 3.06. The number of ether oxygens (including phenoxy) is 2. The standard InChI is InChI=1S/C20H21N3O5/c1-4-20(17(24)21-13-5-9-15(27-2)10-6-13)18(25)23(19(26)22-20)14-7-11-16(28-3)12-8-14/h5-12H,4H2,1-3H3,(H,21,24)(H,22,26). The zero-order valence-electron chi connectivity index (χ0n) is 15.8. The van der Waals surface area contributed by atoms with Crippen molar-refractivity contribution >= 4 is 29.2 Å². The summed E-state index contributed by atoms with van der Waals surface area (Å²) < 4.78 is 10.2. The lowest BCUT2D eigenvalue weighted by molar-refractivity contribution is -0.132. The number of rotatable bonds is 6. The maximum absolute atomic E-state index is 13.1. The van der Waals surface area contributed by atoms with Crippen LogP contribution in [0, 0.1) is 0 Å². The molecule has 1 atom stereocenters. The van der Waals surface area contributed by atoms with Gasteiger partial charge in [-0.05, 0) is 55.0 Å². The number of carbonyl (C=O) groups excluding carboxylic acids is 3. The number of amides is 4. The number of nitrogens with one attached hydrogen (secondary N) is 2. The number of nitrogens with zero attached hydrogens (tertiary/aromatic N) is 1. The van der Waals surface area contributed by atoms with Crippen molar-refractivity contribution in [3.8, 4) is 11.5 Å². The normalized spacial score (nSPS) is 18.6. The van der Waals surface area contributed by atoms with E-state index in [1.54, 1.807) is 62.6 Å². The Kier molecular flexibility index (Phi) is 5.21.